The Morgan fingerprint density at radius 2 is 2.42 bits per heavy atom. The van der Waals surface area contributed by atoms with Gasteiger partial charge < -0.3 is 20.5 Å². The summed E-state index contributed by atoms with van der Waals surface area (Å²) in [7, 11) is 0. The number of hydrogen-bond donors (Lipinski definition) is 2. The van der Waals surface area contributed by atoms with Crippen LogP contribution in [0.5, 0.6) is 0 Å². The van der Waals surface area contributed by atoms with Gasteiger partial charge in [-0.05, 0) is 33.1 Å². The number of guanidine groups is 1. The largest absolute Gasteiger partial charge is 0.375 e. The number of aliphatic imine (C=N–C) groups is 1. The summed E-state index contributed by atoms with van der Waals surface area (Å²) in [6.45, 7) is 9.87. The fourth-order valence-electron chi connectivity index (χ4n) is 2.92. The summed E-state index contributed by atoms with van der Waals surface area (Å²) in [4.78, 5) is 4.26. The highest BCUT2D eigenvalue weighted by Gasteiger charge is 2.58. The maximum absolute atomic E-state index is 5.97. The number of nitrogens with two attached hydrogens (primary N) is 1. The predicted molar refractivity (Wildman–Crippen MR) is 76.2 cm³/mol. The first-order valence-electron chi connectivity index (χ1n) is 7.05. The molecule has 108 valence electrons. The van der Waals surface area contributed by atoms with Crippen LogP contribution in [0.2, 0.25) is 0 Å². The summed E-state index contributed by atoms with van der Waals surface area (Å²) in [6.07, 6.45) is 3.23. The summed E-state index contributed by atoms with van der Waals surface area (Å²) in [6, 6.07) is 0.209. The maximum Gasteiger partial charge on any atom is 0.189 e. The monoisotopic (exact) mass is 267 g/mol. The van der Waals surface area contributed by atoms with Crippen LogP contribution in [0.4, 0.5) is 0 Å². The van der Waals surface area contributed by atoms with Gasteiger partial charge in [-0.15, -0.1) is 0 Å². The number of ether oxygens (including phenoxy) is 2. The molecular weight excluding hydrogens is 242 g/mol. The Morgan fingerprint density at radius 1 is 1.63 bits per heavy atom. The maximum atomic E-state index is 5.97. The van der Waals surface area contributed by atoms with Crippen molar-refractivity contribution in [3.8, 4) is 0 Å². The molecule has 1 heterocycles. The molecule has 0 aromatic carbocycles. The summed E-state index contributed by atoms with van der Waals surface area (Å²) >= 11 is 0. The molecule has 0 radical (unpaired) electrons. The zero-order valence-corrected chi connectivity index (χ0v) is 11.9. The highest BCUT2D eigenvalue weighted by molar-refractivity contribution is 5.78. The zero-order chi connectivity index (χ0) is 13.9. The van der Waals surface area contributed by atoms with Crippen LogP contribution in [-0.2, 0) is 9.47 Å². The highest BCUT2D eigenvalue weighted by atomic mass is 16.6. The number of nitrogens with one attached hydrogen (secondary N) is 1. The van der Waals surface area contributed by atoms with Crippen LogP contribution in [0.3, 0.4) is 0 Å². The molecule has 3 atom stereocenters. The van der Waals surface area contributed by atoms with Gasteiger partial charge in [-0.1, -0.05) is 12.2 Å². The molecular formula is C14H25N3O2. The summed E-state index contributed by atoms with van der Waals surface area (Å²) in [5.74, 6) is 0.470. The first kappa shape index (κ1) is 14.3. The van der Waals surface area contributed by atoms with E-state index in [2.05, 4.69) is 16.9 Å². The Kier molecular flexibility index (Phi) is 4.47. The van der Waals surface area contributed by atoms with Gasteiger partial charge in [0.05, 0.1) is 18.7 Å². The average Bonchev–Trinajstić information content (AvgIpc) is 2.87. The van der Waals surface area contributed by atoms with Crippen LogP contribution in [0.1, 0.15) is 33.1 Å². The van der Waals surface area contributed by atoms with E-state index in [9.17, 15) is 0 Å². The van der Waals surface area contributed by atoms with Crippen molar-refractivity contribution < 1.29 is 9.47 Å². The number of nitrogens with zero attached hydrogens (tertiary/aromatic N) is 1. The molecule has 1 saturated carbocycles. The van der Waals surface area contributed by atoms with Gasteiger partial charge in [-0.2, -0.15) is 0 Å². The third-order valence-corrected chi connectivity index (χ3v) is 3.88. The molecule has 5 nitrogen and oxygen atoms in total. The number of hydrogen-bond acceptors (Lipinski definition) is 3. The van der Waals surface area contributed by atoms with Gasteiger partial charge in [0.25, 0.3) is 0 Å². The zero-order valence-electron chi connectivity index (χ0n) is 11.9. The van der Waals surface area contributed by atoms with Gasteiger partial charge in [0.2, 0.25) is 0 Å². The van der Waals surface area contributed by atoms with Gasteiger partial charge in [0.1, 0.15) is 5.60 Å². The Balaban J connectivity index is 1.94. The second-order valence-corrected chi connectivity index (χ2v) is 5.44. The van der Waals surface area contributed by atoms with E-state index >= 15 is 0 Å². The van der Waals surface area contributed by atoms with Gasteiger partial charge in [0.15, 0.2) is 5.96 Å². The van der Waals surface area contributed by atoms with Crippen molar-refractivity contribution in [2.24, 2.45) is 10.7 Å². The van der Waals surface area contributed by atoms with Crippen molar-refractivity contribution in [2.45, 2.75) is 50.9 Å². The van der Waals surface area contributed by atoms with E-state index in [4.69, 9.17) is 15.2 Å². The molecule has 5 heteroatoms. The normalized spacial score (nSPS) is 34.3. The van der Waals surface area contributed by atoms with Crippen molar-refractivity contribution in [2.75, 3.05) is 19.8 Å². The molecule has 3 N–H and O–H groups in total. The smallest absolute Gasteiger partial charge is 0.189 e. The third kappa shape index (κ3) is 2.92. The molecule has 2 fully saturated rings. The van der Waals surface area contributed by atoms with E-state index in [-0.39, 0.29) is 17.7 Å². The Labute approximate surface area is 115 Å². The Hall–Kier alpha value is -1.07. The molecule has 1 aliphatic heterocycles. The summed E-state index contributed by atoms with van der Waals surface area (Å²) in [5, 5.41) is 3.27. The SMILES string of the molecule is C=C(C)CN=C(N)NC1CC(OCC)C12CCCO2. The standard InChI is InChI=1S/C14H25N3O2/c1-4-18-12-8-11(14(12)6-5-7-19-14)17-13(15)16-9-10(2)3/h11-12H,2,4-9H2,1,3H3,(H3,15,16,17). The molecule has 0 bridgehead atoms. The second-order valence-electron chi connectivity index (χ2n) is 5.44. The minimum atomic E-state index is -0.195. The lowest BCUT2D eigenvalue weighted by atomic mass is 9.70. The molecule has 0 aromatic heterocycles. The van der Waals surface area contributed by atoms with E-state index in [0.29, 0.717) is 12.5 Å². The van der Waals surface area contributed by atoms with Crippen molar-refractivity contribution in [1.82, 2.24) is 5.32 Å². The van der Waals surface area contributed by atoms with Gasteiger partial charge in [-0.25, -0.2) is 4.99 Å². The van der Waals surface area contributed by atoms with Crippen molar-refractivity contribution >= 4 is 5.96 Å². The summed E-state index contributed by atoms with van der Waals surface area (Å²) < 4.78 is 11.7. The molecule has 2 aliphatic rings. The highest BCUT2D eigenvalue weighted by Crippen LogP contribution is 2.45. The lowest BCUT2D eigenvalue weighted by molar-refractivity contribution is -0.194. The molecule has 2 rings (SSSR count). The quantitative estimate of drug-likeness (QED) is 0.446. The van der Waals surface area contributed by atoms with Crippen molar-refractivity contribution in [3.63, 3.8) is 0 Å². The lowest BCUT2D eigenvalue weighted by Crippen LogP contribution is -2.70. The van der Waals surface area contributed by atoms with E-state index in [1.165, 1.54) is 0 Å². The first-order valence-corrected chi connectivity index (χ1v) is 7.05. The summed E-state index contributed by atoms with van der Waals surface area (Å²) in [5.41, 5.74) is 6.71. The first-order chi connectivity index (χ1) is 9.08. The van der Waals surface area contributed by atoms with Crippen LogP contribution in [0, 0.1) is 0 Å². The van der Waals surface area contributed by atoms with Gasteiger partial charge >= 0.3 is 0 Å². The van der Waals surface area contributed by atoms with Crippen LogP contribution in [0.25, 0.3) is 0 Å². The van der Waals surface area contributed by atoms with E-state index in [1.54, 1.807) is 0 Å². The van der Waals surface area contributed by atoms with Crippen molar-refractivity contribution in [1.29, 1.82) is 0 Å². The third-order valence-electron chi connectivity index (χ3n) is 3.88. The molecule has 3 unspecified atom stereocenters. The molecule has 0 amide bonds. The second kappa shape index (κ2) is 5.92. The minimum absolute atomic E-state index is 0.187. The van der Waals surface area contributed by atoms with Gasteiger partial charge in [0, 0.05) is 13.2 Å². The molecule has 0 aromatic rings. The number of rotatable bonds is 5. The van der Waals surface area contributed by atoms with Crippen LogP contribution < -0.4 is 11.1 Å². The van der Waals surface area contributed by atoms with Gasteiger partial charge in [-0.3, -0.25) is 0 Å². The molecule has 1 saturated heterocycles. The van der Waals surface area contributed by atoms with E-state index < -0.39 is 0 Å². The Morgan fingerprint density at radius 3 is 3.00 bits per heavy atom. The van der Waals surface area contributed by atoms with Crippen LogP contribution in [-0.4, -0.2) is 43.5 Å². The van der Waals surface area contributed by atoms with Crippen LogP contribution >= 0.6 is 0 Å². The lowest BCUT2D eigenvalue weighted by Gasteiger charge is -2.52. The molecule has 1 spiro atoms. The average molecular weight is 267 g/mol. The Bertz CT molecular complexity index is 362. The van der Waals surface area contributed by atoms with Crippen molar-refractivity contribution in [3.05, 3.63) is 12.2 Å². The molecule has 1 aliphatic carbocycles. The minimum Gasteiger partial charge on any atom is -0.375 e. The fourth-order valence-corrected chi connectivity index (χ4v) is 2.92. The topological polar surface area (TPSA) is 68.9 Å². The fraction of sp³-hybridized carbons (Fsp3) is 0.786. The molecule has 19 heavy (non-hydrogen) atoms. The van der Waals surface area contributed by atoms with E-state index in [0.717, 1.165) is 38.0 Å². The van der Waals surface area contributed by atoms with E-state index in [1.807, 2.05) is 13.8 Å². The van der Waals surface area contributed by atoms with Crippen LogP contribution in [0.15, 0.2) is 17.1 Å². The predicted octanol–water partition coefficient (Wildman–Crippen LogP) is 1.19.